The standard InChI is InChI=1S/C16H13FO2/c17-14-8-10-15(11-9-14)19-12-4-7-16(18)13-5-2-1-3-6-13/h1-3,5-6,8-11,16,18H,12H2. The van der Waals surface area contributed by atoms with Gasteiger partial charge in [-0.2, -0.15) is 0 Å². The average molecular weight is 256 g/mol. The lowest BCUT2D eigenvalue weighted by Gasteiger charge is -2.03. The van der Waals surface area contributed by atoms with Crippen LogP contribution < -0.4 is 4.74 Å². The van der Waals surface area contributed by atoms with Gasteiger partial charge in [0.1, 0.15) is 24.3 Å². The molecule has 1 unspecified atom stereocenters. The van der Waals surface area contributed by atoms with Crippen molar-refractivity contribution in [1.82, 2.24) is 0 Å². The molecule has 96 valence electrons. The summed E-state index contributed by atoms with van der Waals surface area (Å²) in [5.41, 5.74) is 0.747. The molecular formula is C16H13FO2. The van der Waals surface area contributed by atoms with Gasteiger partial charge in [0.25, 0.3) is 0 Å². The van der Waals surface area contributed by atoms with Crippen molar-refractivity contribution in [3.8, 4) is 17.6 Å². The molecule has 2 aromatic rings. The maximum Gasteiger partial charge on any atom is 0.149 e. The molecule has 1 N–H and O–H groups in total. The van der Waals surface area contributed by atoms with Gasteiger partial charge in [-0.25, -0.2) is 4.39 Å². The third-order valence-corrected chi connectivity index (χ3v) is 2.48. The average Bonchev–Trinajstić information content (AvgIpc) is 2.46. The first-order valence-electron chi connectivity index (χ1n) is 5.85. The molecular weight excluding hydrogens is 243 g/mol. The number of rotatable bonds is 3. The van der Waals surface area contributed by atoms with Crippen molar-refractivity contribution in [2.24, 2.45) is 0 Å². The largest absolute Gasteiger partial charge is 0.481 e. The Balaban J connectivity index is 1.86. The van der Waals surface area contributed by atoms with Crippen LogP contribution in [0.15, 0.2) is 54.6 Å². The summed E-state index contributed by atoms with van der Waals surface area (Å²) in [5, 5.41) is 9.78. The highest BCUT2D eigenvalue weighted by Gasteiger charge is 2.00. The van der Waals surface area contributed by atoms with Crippen LogP contribution in [0.25, 0.3) is 0 Å². The Morgan fingerprint density at radius 1 is 1.05 bits per heavy atom. The molecule has 0 saturated heterocycles. The second-order valence-corrected chi connectivity index (χ2v) is 3.88. The fourth-order valence-corrected chi connectivity index (χ4v) is 1.51. The van der Waals surface area contributed by atoms with Crippen molar-refractivity contribution in [2.45, 2.75) is 6.10 Å². The summed E-state index contributed by atoms with van der Waals surface area (Å²) in [5.74, 6) is 5.66. The van der Waals surface area contributed by atoms with Crippen LogP contribution in [0.5, 0.6) is 5.75 Å². The Morgan fingerprint density at radius 3 is 2.42 bits per heavy atom. The minimum Gasteiger partial charge on any atom is -0.481 e. The van der Waals surface area contributed by atoms with Crippen molar-refractivity contribution < 1.29 is 14.2 Å². The topological polar surface area (TPSA) is 29.5 Å². The van der Waals surface area contributed by atoms with Gasteiger partial charge in [0.05, 0.1) is 0 Å². The molecule has 3 heteroatoms. The van der Waals surface area contributed by atoms with Crippen LogP contribution in [0.2, 0.25) is 0 Å². The van der Waals surface area contributed by atoms with E-state index in [4.69, 9.17) is 4.74 Å². The zero-order valence-electron chi connectivity index (χ0n) is 10.2. The van der Waals surface area contributed by atoms with E-state index >= 15 is 0 Å². The third-order valence-electron chi connectivity index (χ3n) is 2.48. The van der Waals surface area contributed by atoms with Gasteiger partial charge >= 0.3 is 0 Å². The van der Waals surface area contributed by atoms with Gasteiger partial charge < -0.3 is 9.84 Å². The SMILES string of the molecule is OC(C#CCOc1ccc(F)cc1)c1ccccc1. The van der Waals surface area contributed by atoms with Gasteiger partial charge in [-0.05, 0) is 29.8 Å². The van der Waals surface area contributed by atoms with Crippen molar-refractivity contribution in [1.29, 1.82) is 0 Å². The molecule has 0 spiro atoms. The van der Waals surface area contributed by atoms with E-state index in [1.165, 1.54) is 24.3 Å². The van der Waals surface area contributed by atoms with Gasteiger partial charge in [-0.15, -0.1) is 0 Å². The molecule has 0 aliphatic carbocycles. The van der Waals surface area contributed by atoms with E-state index in [0.29, 0.717) is 5.75 Å². The fourth-order valence-electron chi connectivity index (χ4n) is 1.51. The number of aliphatic hydroxyl groups is 1. The molecule has 0 radical (unpaired) electrons. The third kappa shape index (κ3) is 4.13. The number of aliphatic hydroxyl groups excluding tert-OH is 1. The second-order valence-electron chi connectivity index (χ2n) is 3.88. The number of hydrogen-bond acceptors (Lipinski definition) is 2. The van der Waals surface area contributed by atoms with E-state index in [1.54, 1.807) is 12.1 Å². The predicted molar refractivity (Wildman–Crippen MR) is 71.1 cm³/mol. The van der Waals surface area contributed by atoms with Crippen LogP contribution in [-0.2, 0) is 0 Å². The van der Waals surface area contributed by atoms with Crippen molar-refractivity contribution in [2.75, 3.05) is 6.61 Å². The molecule has 0 bridgehead atoms. The van der Waals surface area contributed by atoms with Crippen LogP contribution in [0.3, 0.4) is 0 Å². The highest BCUT2D eigenvalue weighted by molar-refractivity contribution is 5.26. The van der Waals surface area contributed by atoms with Gasteiger partial charge in [-0.3, -0.25) is 0 Å². The molecule has 0 saturated carbocycles. The summed E-state index contributed by atoms with van der Waals surface area (Å²) in [6.45, 7) is 0.148. The zero-order chi connectivity index (χ0) is 13.5. The lowest BCUT2D eigenvalue weighted by atomic mass is 10.1. The summed E-state index contributed by atoms with van der Waals surface area (Å²) in [7, 11) is 0. The van der Waals surface area contributed by atoms with Gasteiger partial charge in [-0.1, -0.05) is 42.2 Å². The molecule has 2 aromatic carbocycles. The van der Waals surface area contributed by atoms with E-state index < -0.39 is 6.10 Å². The molecule has 0 aliphatic rings. The second kappa shape index (κ2) is 6.58. The molecule has 1 atom stereocenters. The first kappa shape index (κ1) is 13.1. The van der Waals surface area contributed by atoms with E-state index in [-0.39, 0.29) is 12.4 Å². The molecule has 0 fully saturated rings. The van der Waals surface area contributed by atoms with Crippen molar-refractivity contribution in [3.05, 3.63) is 66.0 Å². The lowest BCUT2D eigenvalue weighted by Crippen LogP contribution is -1.97. The number of halogens is 1. The Labute approximate surface area is 111 Å². The van der Waals surface area contributed by atoms with Crippen molar-refractivity contribution in [3.63, 3.8) is 0 Å². The normalized spacial score (nSPS) is 11.3. The predicted octanol–water partition coefficient (Wildman–Crippen LogP) is 2.94. The number of benzene rings is 2. The van der Waals surface area contributed by atoms with Crippen LogP contribution in [0, 0.1) is 17.7 Å². The highest BCUT2D eigenvalue weighted by Crippen LogP contribution is 2.11. The first-order valence-corrected chi connectivity index (χ1v) is 5.85. The molecule has 0 aromatic heterocycles. The Hall–Kier alpha value is -2.31. The minimum absolute atomic E-state index is 0.148. The summed E-state index contributed by atoms with van der Waals surface area (Å²) in [6.07, 6.45) is -0.821. The van der Waals surface area contributed by atoms with Crippen LogP contribution in [0.4, 0.5) is 4.39 Å². The molecule has 0 heterocycles. The van der Waals surface area contributed by atoms with Crippen LogP contribution in [0.1, 0.15) is 11.7 Å². The summed E-state index contributed by atoms with van der Waals surface area (Å²) < 4.78 is 17.9. The van der Waals surface area contributed by atoms with Crippen molar-refractivity contribution >= 4 is 0 Å². The highest BCUT2D eigenvalue weighted by atomic mass is 19.1. The van der Waals surface area contributed by atoms with E-state index in [9.17, 15) is 9.50 Å². The molecule has 2 rings (SSSR count). The van der Waals surface area contributed by atoms with Gasteiger partial charge in [0.2, 0.25) is 0 Å². The van der Waals surface area contributed by atoms with Gasteiger partial charge in [0, 0.05) is 0 Å². The van der Waals surface area contributed by atoms with Crippen LogP contribution in [-0.4, -0.2) is 11.7 Å². The van der Waals surface area contributed by atoms with E-state index in [2.05, 4.69) is 11.8 Å². The Kier molecular flexibility index (Phi) is 4.54. The molecule has 2 nitrogen and oxygen atoms in total. The Morgan fingerprint density at radius 2 is 1.74 bits per heavy atom. The number of hydrogen-bond donors (Lipinski definition) is 1. The number of ether oxygens (including phenoxy) is 1. The van der Waals surface area contributed by atoms with E-state index in [1.807, 2.05) is 18.2 Å². The minimum atomic E-state index is -0.821. The molecule has 0 amide bonds. The fraction of sp³-hybridized carbons (Fsp3) is 0.125. The monoisotopic (exact) mass is 256 g/mol. The molecule has 19 heavy (non-hydrogen) atoms. The summed E-state index contributed by atoms with van der Waals surface area (Å²) >= 11 is 0. The zero-order valence-corrected chi connectivity index (χ0v) is 10.2. The summed E-state index contributed by atoms with van der Waals surface area (Å²) in [6, 6.07) is 14.9. The maximum absolute atomic E-state index is 12.7. The lowest BCUT2D eigenvalue weighted by molar-refractivity contribution is 0.238. The maximum atomic E-state index is 12.7. The smallest absolute Gasteiger partial charge is 0.149 e. The van der Waals surface area contributed by atoms with Crippen LogP contribution >= 0.6 is 0 Å². The Bertz CT molecular complexity index is 567. The van der Waals surface area contributed by atoms with Gasteiger partial charge in [0.15, 0.2) is 0 Å². The molecule has 0 aliphatic heterocycles. The first-order chi connectivity index (χ1) is 9.25. The quantitative estimate of drug-likeness (QED) is 0.855. The van der Waals surface area contributed by atoms with E-state index in [0.717, 1.165) is 5.56 Å². The summed E-state index contributed by atoms with van der Waals surface area (Å²) in [4.78, 5) is 0.